The van der Waals surface area contributed by atoms with Crippen molar-refractivity contribution in [2.45, 2.75) is 19.8 Å². The number of aromatic nitrogens is 1. The third kappa shape index (κ3) is 5.37. The van der Waals surface area contributed by atoms with Crippen molar-refractivity contribution in [3.8, 4) is 0 Å². The predicted octanol–water partition coefficient (Wildman–Crippen LogP) is 2.99. The van der Waals surface area contributed by atoms with Crippen LogP contribution in [-0.4, -0.2) is 48.4 Å². The molecule has 7 nitrogen and oxygen atoms in total. The van der Waals surface area contributed by atoms with E-state index in [1.54, 1.807) is 30.1 Å². The number of benzene rings is 1. The third-order valence-corrected chi connectivity index (χ3v) is 3.98. The smallest absolute Gasteiger partial charge is 0.337 e. The molecule has 1 heterocycles. The molecule has 2 amide bonds. The van der Waals surface area contributed by atoms with Crippen LogP contribution in [-0.2, 0) is 4.74 Å². The van der Waals surface area contributed by atoms with Crippen LogP contribution in [0.15, 0.2) is 42.6 Å². The van der Waals surface area contributed by atoms with Crippen molar-refractivity contribution < 1.29 is 19.1 Å². The highest BCUT2D eigenvalue weighted by Crippen LogP contribution is 2.14. The molecule has 27 heavy (non-hydrogen) atoms. The lowest BCUT2D eigenvalue weighted by molar-refractivity contribution is 0.0600. The van der Waals surface area contributed by atoms with Crippen LogP contribution in [0.3, 0.4) is 0 Å². The van der Waals surface area contributed by atoms with Crippen LogP contribution in [0.5, 0.6) is 0 Å². The number of methoxy groups -OCH3 is 1. The average molecular weight is 369 g/mol. The summed E-state index contributed by atoms with van der Waals surface area (Å²) in [6.07, 6.45) is 3.32. The molecule has 1 N–H and O–H groups in total. The lowest BCUT2D eigenvalue weighted by Gasteiger charge is -2.16. The fourth-order valence-electron chi connectivity index (χ4n) is 2.43. The van der Waals surface area contributed by atoms with Gasteiger partial charge in [0.1, 0.15) is 5.69 Å². The number of ether oxygens (including phenoxy) is 1. The number of amides is 2. The Balaban J connectivity index is 2.13. The second kappa shape index (κ2) is 9.47. The molecule has 142 valence electrons. The van der Waals surface area contributed by atoms with Crippen molar-refractivity contribution in [2.24, 2.45) is 0 Å². The van der Waals surface area contributed by atoms with Gasteiger partial charge in [0.2, 0.25) is 0 Å². The molecule has 0 unspecified atom stereocenters. The molecule has 0 atom stereocenters. The van der Waals surface area contributed by atoms with Crippen LogP contribution in [0.4, 0.5) is 5.69 Å². The van der Waals surface area contributed by atoms with Crippen molar-refractivity contribution in [3.05, 3.63) is 59.4 Å². The maximum atomic E-state index is 12.5. The molecule has 2 rings (SSSR count). The average Bonchev–Trinajstić information content (AvgIpc) is 2.71. The van der Waals surface area contributed by atoms with Gasteiger partial charge in [0, 0.05) is 31.0 Å². The van der Waals surface area contributed by atoms with Gasteiger partial charge in [-0.1, -0.05) is 19.4 Å². The lowest BCUT2D eigenvalue weighted by atomic mass is 10.1. The van der Waals surface area contributed by atoms with Crippen LogP contribution in [0.1, 0.15) is 51.0 Å². The lowest BCUT2D eigenvalue weighted by Crippen LogP contribution is -2.28. The Labute approximate surface area is 158 Å². The number of pyridine rings is 1. The van der Waals surface area contributed by atoms with Crippen LogP contribution >= 0.6 is 0 Å². The summed E-state index contributed by atoms with van der Waals surface area (Å²) in [5.41, 5.74) is 1.30. The molecule has 0 aliphatic carbocycles. The number of nitrogens with one attached hydrogen (secondary N) is 1. The van der Waals surface area contributed by atoms with Crippen LogP contribution in [0, 0.1) is 0 Å². The first kappa shape index (κ1) is 20.1. The predicted molar refractivity (Wildman–Crippen MR) is 102 cm³/mol. The second-order valence-corrected chi connectivity index (χ2v) is 6.04. The molecule has 7 heteroatoms. The summed E-state index contributed by atoms with van der Waals surface area (Å²) < 4.78 is 4.67. The summed E-state index contributed by atoms with van der Waals surface area (Å²) in [6, 6.07) is 9.42. The maximum absolute atomic E-state index is 12.5. The first-order valence-electron chi connectivity index (χ1n) is 8.67. The third-order valence-electron chi connectivity index (χ3n) is 3.98. The number of nitrogens with zero attached hydrogens (tertiary/aromatic N) is 2. The number of esters is 1. The van der Waals surface area contributed by atoms with Gasteiger partial charge in [-0.25, -0.2) is 4.79 Å². The molecule has 1 aromatic heterocycles. The van der Waals surface area contributed by atoms with Gasteiger partial charge in [-0.2, -0.15) is 0 Å². The maximum Gasteiger partial charge on any atom is 0.337 e. The SMILES string of the molecule is CCCCN(C)C(=O)c1cc(C(=O)Nc2cccc(C(=O)OC)c2)ccn1. The summed E-state index contributed by atoms with van der Waals surface area (Å²) in [5.74, 6) is -1.12. The van der Waals surface area contributed by atoms with E-state index in [0.29, 0.717) is 23.4 Å². The van der Waals surface area contributed by atoms with Gasteiger partial charge in [0.05, 0.1) is 12.7 Å². The van der Waals surface area contributed by atoms with Gasteiger partial charge in [0.15, 0.2) is 0 Å². The zero-order valence-corrected chi connectivity index (χ0v) is 15.7. The van der Waals surface area contributed by atoms with Crippen molar-refractivity contribution in [2.75, 3.05) is 26.0 Å². The van der Waals surface area contributed by atoms with E-state index in [1.807, 2.05) is 0 Å². The first-order chi connectivity index (χ1) is 13.0. The molecule has 0 radical (unpaired) electrons. The van der Waals surface area contributed by atoms with E-state index in [4.69, 9.17) is 0 Å². The van der Waals surface area contributed by atoms with Gasteiger partial charge in [-0.05, 0) is 36.8 Å². The van der Waals surface area contributed by atoms with E-state index in [1.165, 1.54) is 31.5 Å². The van der Waals surface area contributed by atoms with Crippen molar-refractivity contribution in [3.63, 3.8) is 0 Å². The number of hydrogen-bond donors (Lipinski definition) is 1. The van der Waals surface area contributed by atoms with E-state index < -0.39 is 11.9 Å². The number of anilines is 1. The van der Waals surface area contributed by atoms with Gasteiger partial charge >= 0.3 is 5.97 Å². The molecule has 0 saturated carbocycles. The molecule has 0 bridgehead atoms. The molecule has 0 saturated heterocycles. The number of carbonyl (C=O) groups is 3. The summed E-state index contributed by atoms with van der Waals surface area (Å²) in [4.78, 5) is 42.2. The summed E-state index contributed by atoms with van der Waals surface area (Å²) in [6.45, 7) is 2.68. The Morgan fingerprint density at radius 1 is 1.15 bits per heavy atom. The van der Waals surface area contributed by atoms with Crippen LogP contribution in [0.25, 0.3) is 0 Å². The van der Waals surface area contributed by atoms with Crippen LogP contribution < -0.4 is 5.32 Å². The largest absolute Gasteiger partial charge is 0.465 e. The van der Waals surface area contributed by atoms with Gasteiger partial charge in [0.25, 0.3) is 11.8 Å². The quantitative estimate of drug-likeness (QED) is 0.758. The van der Waals surface area contributed by atoms with Crippen molar-refractivity contribution in [1.29, 1.82) is 0 Å². The molecule has 0 aliphatic heterocycles. The van der Waals surface area contributed by atoms with Gasteiger partial charge < -0.3 is 15.0 Å². The molecule has 0 fully saturated rings. The van der Waals surface area contributed by atoms with E-state index in [9.17, 15) is 14.4 Å². The zero-order chi connectivity index (χ0) is 19.8. The zero-order valence-electron chi connectivity index (χ0n) is 15.7. The molecular weight excluding hydrogens is 346 g/mol. The summed E-state index contributed by atoms with van der Waals surface area (Å²) >= 11 is 0. The van der Waals surface area contributed by atoms with Gasteiger partial charge in [-0.15, -0.1) is 0 Å². The van der Waals surface area contributed by atoms with Crippen molar-refractivity contribution >= 4 is 23.5 Å². The summed E-state index contributed by atoms with van der Waals surface area (Å²) in [5, 5.41) is 2.71. The minimum Gasteiger partial charge on any atom is -0.465 e. The Hall–Kier alpha value is -3.22. The first-order valence-corrected chi connectivity index (χ1v) is 8.67. The Morgan fingerprint density at radius 3 is 2.63 bits per heavy atom. The topological polar surface area (TPSA) is 88.6 Å². The van der Waals surface area contributed by atoms with Crippen LogP contribution in [0.2, 0.25) is 0 Å². The highest BCUT2D eigenvalue weighted by molar-refractivity contribution is 6.06. The number of hydrogen-bond acceptors (Lipinski definition) is 5. The standard InChI is InChI=1S/C20H23N3O4/c1-4-5-11-23(2)19(25)17-13-14(9-10-21-17)18(24)22-16-8-6-7-15(12-16)20(26)27-3/h6-10,12-13H,4-5,11H2,1-3H3,(H,22,24). The molecule has 1 aromatic carbocycles. The number of carbonyl (C=O) groups excluding carboxylic acids is 3. The second-order valence-electron chi connectivity index (χ2n) is 6.04. The minimum absolute atomic E-state index is 0.213. The van der Waals surface area contributed by atoms with Gasteiger partial charge in [-0.3, -0.25) is 14.6 Å². The monoisotopic (exact) mass is 369 g/mol. The minimum atomic E-state index is -0.488. The van der Waals surface area contributed by atoms with E-state index in [-0.39, 0.29) is 11.6 Å². The number of unbranched alkanes of at least 4 members (excludes halogenated alkanes) is 1. The fraction of sp³-hybridized carbons (Fsp3) is 0.300. The molecule has 0 aliphatic rings. The molecular formula is C20H23N3O4. The Kier molecular flexibility index (Phi) is 7.05. The summed E-state index contributed by atoms with van der Waals surface area (Å²) in [7, 11) is 3.01. The van der Waals surface area contributed by atoms with E-state index in [2.05, 4.69) is 22.0 Å². The number of rotatable bonds is 7. The fourth-order valence-corrected chi connectivity index (χ4v) is 2.43. The highest BCUT2D eigenvalue weighted by Gasteiger charge is 2.16. The van der Waals surface area contributed by atoms with Crippen molar-refractivity contribution in [1.82, 2.24) is 9.88 Å². The Bertz CT molecular complexity index is 835. The van der Waals surface area contributed by atoms with E-state index >= 15 is 0 Å². The molecule has 0 spiro atoms. The normalized spacial score (nSPS) is 10.2. The van der Waals surface area contributed by atoms with E-state index in [0.717, 1.165) is 12.8 Å². The molecule has 2 aromatic rings. The highest BCUT2D eigenvalue weighted by atomic mass is 16.5. The Morgan fingerprint density at radius 2 is 1.93 bits per heavy atom.